The van der Waals surface area contributed by atoms with E-state index in [1.54, 1.807) is 0 Å². The largest absolute Gasteiger partial charge is 0.390 e. The number of likely N-dealkylation sites (tertiary alicyclic amines) is 1. The molecule has 0 aromatic heterocycles. The summed E-state index contributed by atoms with van der Waals surface area (Å²) in [6.45, 7) is 6.00. The first-order valence-corrected chi connectivity index (χ1v) is 10.4. The Bertz CT molecular complexity index is 551. The Morgan fingerprint density at radius 1 is 1.04 bits per heavy atom. The molecular weight excluding hydrogens is 318 g/mol. The quantitative estimate of drug-likeness (QED) is 0.839. The average Bonchev–Trinajstić information content (AvgIpc) is 3.12. The zero-order valence-electron chi connectivity index (χ0n) is 14.3. The van der Waals surface area contributed by atoms with Gasteiger partial charge in [0.05, 0.1) is 5.71 Å². The third kappa shape index (κ3) is 3.95. The molecule has 0 N–H and O–H groups in total. The molecule has 1 aromatic carbocycles. The number of benzene rings is 1. The molecule has 0 saturated carbocycles. The molecule has 3 heterocycles. The number of rotatable bonds is 4. The molecule has 3 aliphatic heterocycles. The Hall–Kier alpha value is -1.04. The van der Waals surface area contributed by atoms with Crippen molar-refractivity contribution < 1.29 is 4.84 Å². The molecular formula is C19H27N3OS. The highest BCUT2D eigenvalue weighted by molar-refractivity contribution is 7.99. The number of piperidine rings is 1. The molecule has 24 heavy (non-hydrogen) atoms. The van der Waals surface area contributed by atoms with Gasteiger partial charge in [0.15, 0.2) is 0 Å². The van der Waals surface area contributed by atoms with E-state index in [0.29, 0.717) is 0 Å². The van der Waals surface area contributed by atoms with Crippen LogP contribution in [0.15, 0.2) is 35.5 Å². The third-order valence-corrected chi connectivity index (χ3v) is 6.36. The van der Waals surface area contributed by atoms with E-state index in [1.807, 2.05) is 6.07 Å². The van der Waals surface area contributed by atoms with Crippen LogP contribution in [0.2, 0.25) is 0 Å². The summed E-state index contributed by atoms with van der Waals surface area (Å²) < 4.78 is 0. The summed E-state index contributed by atoms with van der Waals surface area (Å²) in [7, 11) is 0. The van der Waals surface area contributed by atoms with Crippen LogP contribution >= 0.6 is 11.8 Å². The lowest BCUT2D eigenvalue weighted by Gasteiger charge is -2.40. The van der Waals surface area contributed by atoms with Crippen LogP contribution in [0.25, 0.3) is 0 Å². The fraction of sp³-hybridized carbons (Fsp3) is 0.632. The molecule has 130 valence electrons. The van der Waals surface area contributed by atoms with E-state index in [4.69, 9.17) is 4.84 Å². The maximum absolute atomic E-state index is 5.70. The van der Waals surface area contributed by atoms with Gasteiger partial charge in [-0.15, -0.1) is 0 Å². The summed E-state index contributed by atoms with van der Waals surface area (Å²) in [5.41, 5.74) is 2.29. The van der Waals surface area contributed by atoms with E-state index in [1.165, 1.54) is 56.1 Å². The second kappa shape index (κ2) is 7.89. The van der Waals surface area contributed by atoms with Crippen LogP contribution in [0.3, 0.4) is 0 Å². The second-order valence-corrected chi connectivity index (χ2v) is 8.24. The van der Waals surface area contributed by atoms with Crippen molar-refractivity contribution >= 4 is 17.5 Å². The van der Waals surface area contributed by atoms with Crippen LogP contribution in [0, 0.1) is 0 Å². The summed E-state index contributed by atoms with van der Waals surface area (Å²) >= 11 is 2.10. The Morgan fingerprint density at radius 2 is 1.79 bits per heavy atom. The fourth-order valence-electron chi connectivity index (χ4n) is 4.02. The summed E-state index contributed by atoms with van der Waals surface area (Å²) in [6, 6.07) is 11.2. The average molecular weight is 346 g/mol. The predicted octanol–water partition coefficient (Wildman–Crippen LogP) is 2.69. The topological polar surface area (TPSA) is 28.1 Å². The first kappa shape index (κ1) is 16.4. The maximum Gasteiger partial charge on any atom is 0.145 e. The standard InChI is InChI=1S/C19H27N3OS/c1-2-4-16(5-3-1)19-14-18(23-20-19)15-21-8-6-17(7-9-21)22-10-12-24-13-11-22/h1-5,17-18H,6-15H2/t18-/m0/s1. The van der Waals surface area contributed by atoms with Crippen molar-refractivity contribution in [3.8, 4) is 0 Å². The van der Waals surface area contributed by atoms with Gasteiger partial charge in [0.1, 0.15) is 6.10 Å². The Kier molecular flexibility index (Phi) is 5.40. The monoisotopic (exact) mass is 345 g/mol. The molecule has 0 bridgehead atoms. The molecule has 2 saturated heterocycles. The van der Waals surface area contributed by atoms with Gasteiger partial charge < -0.3 is 4.84 Å². The maximum atomic E-state index is 5.70. The molecule has 3 aliphatic rings. The number of hydrogen-bond donors (Lipinski definition) is 0. The van der Waals surface area contributed by atoms with E-state index >= 15 is 0 Å². The molecule has 4 nitrogen and oxygen atoms in total. The zero-order chi connectivity index (χ0) is 16.2. The Morgan fingerprint density at radius 3 is 2.54 bits per heavy atom. The number of nitrogens with zero attached hydrogens (tertiary/aromatic N) is 3. The van der Waals surface area contributed by atoms with Gasteiger partial charge in [-0.3, -0.25) is 9.80 Å². The Labute approximate surface area is 149 Å². The molecule has 0 aliphatic carbocycles. The van der Waals surface area contributed by atoms with Gasteiger partial charge in [-0.2, -0.15) is 11.8 Å². The van der Waals surface area contributed by atoms with E-state index in [9.17, 15) is 0 Å². The van der Waals surface area contributed by atoms with Crippen LogP contribution in [0.4, 0.5) is 0 Å². The van der Waals surface area contributed by atoms with Crippen molar-refractivity contribution in [1.29, 1.82) is 0 Å². The Balaban J connectivity index is 1.22. The SMILES string of the molecule is c1ccc(C2=NO[C@H](CN3CCC(N4CCSCC4)CC3)C2)cc1. The van der Waals surface area contributed by atoms with Crippen molar-refractivity contribution in [2.24, 2.45) is 5.16 Å². The van der Waals surface area contributed by atoms with E-state index < -0.39 is 0 Å². The smallest absolute Gasteiger partial charge is 0.145 e. The highest BCUT2D eigenvalue weighted by Crippen LogP contribution is 2.23. The lowest BCUT2D eigenvalue weighted by Crippen LogP contribution is -2.48. The van der Waals surface area contributed by atoms with Crippen LogP contribution < -0.4 is 0 Å². The summed E-state index contributed by atoms with van der Waals surface area (Å²) in [6.07, 6.45) is 3.78. The van der Waals surface area contributed by atoms with Gasteiger partial charge in [-0.25, -0.2) is 0 Å². The van der Waals surface area contributed by atoms with Crippen LogP contribution in [0.5, 0.6) is 0 Å². The van der Waals surface area contributed by atoms with Crippen molar-refractivity contribution in [3.05, 3.63) is 35.9 Å². The molecule has 1 atom stereocenters. The molecule has 0 unspecified atom stereocenters. The van der Waals surface area contributed by atoms with Gasteiger partial charge in [-0.1, -0.05) is 35.5 Å². The minimum atomic E-state index is 0.225. The minimum Gasteiger partial charge on any atom is -0.390 e. The van der Waals surface area contributed by atoms with Gasteiger partial charge >= 0.3 is 0 Å². The van der Waals surface area contributed by atoms with E-state index in [-0.39, 0.29) is 6.10 Å². The number of thioether (sulfide) groups is 1. The number of hydrogen-bond acceptors (Lipinski definition) is 5. The summed E-state index contributed by atoms with van der Waals surface area (Å²) in [5.74, 6) is 2.63. The highest BCUT2D eigenvalue weighted by Gasteiger charge is 2.29. The molecule has 2 fully saturated rings. The summed E-state index contributed by atoms with van der Waals surface area (Å²) in [5, 5.41) is 4.32. The van der Waals surface area contributed by atoms with Gasteiger partial charge in [0.2, 0.25) is 0 Å². The van der Waals surface area contributed by atoms with Gasteiger partial charge in [-0.05, 0) is 31.5 Å². The fourth-order valence-corrected chi connectivity index (χ4v) is 4.96. The lowest BCUT2D eigenvalue weighted by molar-refractivity contribution is 0.0350. The van der Waals surface area contributed by atoms with Crippen molar-refractivity contribution in [2.75, 3.05) is 44.2 Å². The van der Waals surface area contributed by atoms with Crippen LogP contribution in [-0.2, 0) is 4.84 Å². The first-order chi connectivity index (χ1) is 11.9. The first-order valence-electron chi connectivity index (χ1n) is 9.21. The predicted molar refractivity (Wildman–Crippen MR) is 101 cm³/mol. The van der Waals surface area contributed by atoms with Gasteiger partial charge in [0, 0.05) is 43.6 Å². The molecule has 1 aromatic rings. The zero-order valence-corrected chi connectivity index (χ0v) is 15.1. The second-order valence-electron chi connectivity index (χ2n) is 7.02. The molecule has 0 radical (unpaired) electrons. The van der Waals surface area contributed by atoms with E-state index in [0.717, 1.165) is 24.7 Å². The van der Waals surface area contributed by atoms with Crippen molar-refractivity contribution in [2.45, 2.75) is 31.4 Å². The van der Waals surface area contributed by atoms with Crippen LogP contribution in [0.1, 0.15) is 24.8 Å². The summed E-state index contributed by atoms with van der Waals surface area (Å²) in [4.78, 5) is 11.0. The number of oxime groups is 1. The van der Waals surface area contributed by atoms with Gasteiger partial charge in [0.25, 0.3) is 0 Å². The van der Waals surface area contributed by atoms with Crippen molar-refractivity contribution in [1.82, 2.24) is 9.80 Å². The highest BCUT2D eigenvalue weighted by atomic mass is 32.2. The molecule has 0 spiro atoms. The molecule has 5 heteroatoms. The lowest BCUT2D eigenvalue weighted by atomic mass is 10.0. The van der Waals surface area contributed by atoms with Crippen LogP contribution in [-0.4, -0.2) is 71.9 Å². The molecule has 0 amide bonds. The van der Waals surface area contributed by atoms with Crippen molar-refractivity contribution in [3.63, 3.8) is 0 Å². The van der Waals surface area contributed by atoms with E-state index in [2.05, 4.69) is 51.0 Å². The molecule has 4 rings (SSSR count). The normalized spacial score (nSPS) is 27.0. The minimum absolute atomic E-state index is 0.225. The third-order valence-electron chi connectivity index (χ3n) is 5.42.